The molecule has 0 unspecified atom stereocenters. The molecule has 11 heteroatoms. The zero-order chi connectivity index (χ0) is 40.9. The molecule has 0 amide bonds. The minimum Gasteiger partial charge on any atom is -0.354 e. The minimum absolute atomic E-state index is 0.150. The number of nitrogens with zero attached hydrogens (tertiary/aromatic N) is 2. The van der Waals surface area contributed by atoms with Crippen LogP contribution < -0.4 is 0 Å². The number of aromatic amines is 2. The second-order valence-corrected chi connectivity index (χ2v) is 14.3. The fourth-order valence-electron chi connectivity index (χ4n) is 7.47. The van der Waals surface area contributed by atoms with Gasteiger partial charge < -0.3 is 9.97 Å². The summed E-state index contributed by atoms with van der Waals surface area (Å²) in [7, 11) is 0. The maximum absolute atomic E-state index is 16.6. The van der Waals surface area contributed by atoms with Crippen molar-refractivity contribution in [1.82, 2.24) is 19.9 Å². The van der Waals surface area contributed by atoms with Crippen LogP contribution in [0.2, 0.25) is 0 Å². The highest BCUT2D eigenvalue weighted by Gasteiger charge is 2.60. The second kappa shape index (κ2) is 14.8. The van der Waals surface area contributed by atoms with E-state index < -0.39 is 28.5 Å². The van der Waals surface area contributed by atoms with E-state index in [-0.39, 0.29) is 22.3 Å². The van der Waals surface area contributed by atoms with Crippen LogP contribution >= 0.6 is 11.6 Å². The summed E-state index contributed by atoms with van der Waals surface area (Å²) in [5.74, 6) is -11.0. The molecule has 4 aromatic carbocycles. The lowest BCUT2D eigenvalue weighted by Crippen LogP contribution is -2.36. The summed E-state index contributed by atoms with van der Waals surface area (Å²) in [6, 6.07) is 41.5. The van der Waals surface area contributed by atoms with E-state index in [9.17, 15) is 17.6 Å². The van der Waals surface area contributed by atoms with Crippen LogP contribution in [0.4, 0.5) is 26.3 Å². The van der Waals surface area contributed by atoms with E-state index in [2.05, 4.69) is 21.6 Å². The van der Waals surface area contributed by atoms with Crippen molar-refractivity contribution in [2.24, 2.45) is 0 Å². The number of allylic oxidation sites excluding steroid dienone is 1. The van der Waals surface area contributed by atoms with E-state index in [1.165, 1.54) is 0 Å². The Labute approximate surface area is 338 Å². The van der Waals surface area contributed by atoms with Crippen molar-refractivity contribution < 1.29 is 26.3 Å². The summed E-state index contributed by atoms with van der Waals surface area (Å²) >= 11 is 4.69. The molecule has 0 spiro atoms. The highest BCUT2D eigenvalue weighted by molar-refractivity contribution is 6.22. The van der Waals surface area contributed by atoms with E-state index in [0.717, 1.165) is 22.8 Å². The molecule has 7 aromatic rings. The van der Waals surface area contributed by atoms with Gasteiger partial charge in [0.25, 0.3) is 0 Å². The number of aromatic nitrogens is 4. The average molecular weight is 811 g/mol. The van der Waals surface area contributed by atoms with Crippen molar-refractivity contribution in [3.05, 3.63) is 174 Å². The number of nitrogens with one attached hydrogen (secondary N) is 2. The van der Waals surface area contributed by atoms with E-state index in [1.807, 2.05) is 84.9 Å². The van der Waals surface area contributed by atoms with Crippen molar-refractivity contribution in [3.8, 4) is 44.5 Å². The van der Waals surface area contributed by atoms with Gasteiger partial charge in [0.05, 0.1) is 28.3 Å². The van der Waals surface area contributed by atoms with Crippen LogP contribution in [0.5, 0.6) is 0 Å². The maximum Gasteiger partial charge on any atom is 0.391 e. The SMILES string of the molecule is F/C(=C(\F)C(F)(F)C(F)(F)Cl)c1cc2[nH]c1c(-c1ccccc1)c1nc(c(-c3ccccc3)c3nc(c(-c4ccccc4)c4ccc([nH]4)c2-c2ccccc2)C=C3)C=C1. The Morgan fingerprint density at radius 3 is 1.32 bits per heavy atom. The molecule has 5 heterocycles. The van der Waals surface area contributed by atoms with Crippen molar-refractivity contribution in [2.45, 2.75) is 11.3 Å². The van der Waals surface area contributed by atoms with Crippen LogP contribution in [0.25, 0.3) is 96.7 Å². The zero-order valence-corrected chi connectivity index (χ0v) is 31.4. The number of halogens is 7. The molecular formula is C48H29ClF6N4. The maximum atomic E-state index is 16.6. The largest absolute Gasteiger partial charge is 0.391 e. The molecular weight excluding hydrogens is 782 g/mol. The van der Waals surface area contributed by atoms with Crippen molar-refractivity contribution in [3.63, 3.8) is 0 Å². The van der Waals surface area contributed by atoms with E-state index in [4.69, 9.17) is 9.97 Å². The molecule has 2 aliphatic heterocycles. The zero-order valence-electron chi connectivity index (χ0n) is 30.6. The van der Waals surface area contributed by atoms with Gasteiger partial charge in [0, 0.05) is 44.4 Å². The predicted molar refractivity (Wildman–Crippen MR) is 225 cm³/mol. The van der Waals surface area contributed by atoms with Crippen molar-refractivity contribution in [2.75, 3.05) is 0 Å². The van der Waals surface area contributed by atoms with Crippen LogP contribution in [0.1, 0.15) is 28.3 Å². The summed E-state index contributed by atoms with van der Waals surface area (Å²) in [5.41, 5.74) is 7.08. The first-order valence-electron chi connectivity index (χ1n) is 18.4. The Balaban J connectivity index is 1.54. The Bertz CT molecular complexity index is 3010. The first-order chi connectivity index (χ1) is 28.5. The Morgan fingerprint density at radius 2 is 0.847 bits per heavy atom. The van der Waals surface area contributed by atoms with Gasteiger partial charge >= 0.3 is 11.3 Å². The number of benzene rings is 4. The Hall–Kier alpha value is -6.91. The summed E-state index contributed by atoms with van der Waals surface area (Å²) in [6.07, 6.45) is 7.28. The lowest BCUT2D eigenvalue weighted by Gasteiger charge is -2.19. The monoisotopic (exact) mass is 810 g/mol. The van der Waals surface area contributed by atoms with Gasteiger partial charge in [-0.25, -0.2) is 18.7 Å². The van der Waals surface area contributed by atoms with E-state index >= 15 is 8.78 Å². The molecule has 0 fully saturated rings. The molecule has 4 nitrogen and oxygen atoms in total. The molecule has 2 aliphatic rings. The predicted octanol–water partition coefficient (Wildman–Crippen LogP) is 14.4. The third-order valence-electron chi connectivity index (χ3n) is 10.2. The van der Waals surface area contributed by atoms with Crippen molar-refractivity contribution in [1.29, 1.82) is 0 Å². The molecule has 290 valence electrons. The third kappa shape index (κ3) is 6.75. The lowest BCUT2D eigenvalue weighted by molar-refractivity contribution is -0.141. The van der Waals surface area contributed by atoms with Gasteiger partial charge in [-0.3, -0.25) is 0 Å². The fraction of sp³-hybridized carbons (Fsp3) is 0.0417. The molecule has 8 bridgehead atoms. The summed E-state index contributed by atoms with van der Waals surface area (Å²) < 4.78 is 90.2. The van der Waals surface area contributed by atoms with Crippen LogP contribution in [0.3, 0.4) is 0 Å². The van der Waals surface area contributed by atoms with Gasteiger partial charge in [-0.15, -0.1) is 0 Å². The normalized spacial score (nSPS) is 13.1. The molecule has 0 radical (unpaired) electrons. The average Bonchev–Trinajstić information content (AvgIpc) is 4.09. The number of H-pyrrole nitrogens is 2. The van der Waals surface area contributed by atoms with Gasteiger partial charge in [0.2, 0.25) is 5.83 Å². The van der Waals surface area contributed by atoms with Gasteiger partial charge in [0.15, 0.2) is 5.83 Å². The van der Waals surface area contributed by atoms with Crippen molar-refractivity contribution >= 4 is 63.8 Å². The fourth-order valence-corrected chi connectivity index (χ4v) is 7.56. The highest BCUT2D eigenvalue weighted by atomic mass is 35.5. The number of hydrogen-bond acceptors (Lipinski definition) is 2. The standard InChI is InChI=1S/C48H29ClF6N4/c49-48(54,55)47(52,53)46(51)44(50)32-27-39-42(30-17-9-3-10-18-30)37-24-23-35(57-37)40(28-13-5-1-6-14-28)33-21-22-34(56-33)41(29-15-7-2-8-16-29)36-25-26-38(58-36)43(45(32)59-39)31-19-11-4-12-20-31/h1-27,57,59H/b40-33?,40-35?,41-34?,41-36?,42-37?,42-39?,43-38?,45-43?,46-44-. The van der Waals surface area contributed by atoms with Gasteiger partial charge in [-0.05, 0) is 76.4 Å². The summed E-state index contributed by atoms with van der Waals surface area (Å²) in [4.78, 5) is 17.0. The van der Waals surface area contributed by atoms with E-state index in [1.54, 1.807) is 72.8 Å². The number of hydrogen-bond donors (Lipinski definition) is 2. The lowest BCUT2D eigenvalue weighted by atomic mass is 10.0. The number of rotatable bonds is 7. The highest BCUT2D eigenvalue weighted by Crippen LogP contribution is 2.48. The summed E-state index contributed by atoms with van der Waals surface area (Å²) in [5, 5.41) is -5.44. The summed E-state index contributed by atoms with van der Waals surface area (Å²) in [6.45, 7) is 0. The molecule has 9 rings (SSSR count). The van der Waals surface area contributed by atoms with Gasteiger partial charge in [0.1, 0.15) is 0 Å². The van der Waals surface area contributed by atoms with E-state index in [0.29, 0.717) is 50.4 Å². The Morgan fingerprint density at radius 1 is 0.458 bits per heavy atom. The topological polar surface area (TPSA) is 57.4 Å². The molecule has 0 aliphatic carbocycles. The third-order valence-corrected chi connectivity index (χ3v) is 10.4. The molecule has 0 saturated heterocycles. The van der Waals surface area contributed by atoms with Crippen LogP contribution in [0, 0.1) is 0 Å². The minimum atomic E-state index is -5.70. The first kappa shape index (κ1) is 37.7. The number of alkyl halides is 5. The molecule has 0 saturated carbocycles. The smallest absolute Gasteiger partial charge is 0.354 e. The van der Waals surface area contributed by atoms with Gasteiger partial charge in [-0.1, -0.05) is 121 Å². The second-order valence-electron chi connectivity index (χ2n) is 13.9. The Kier molecular flexibility index (Phi) is 9.44. The van der Waals surface area contributed by atoms with Crippen LogP contribution in [0.15, 0.2) is 145 Å². The first-order valence-corrected chi connectivity index (χ1v) is 18.8. The van der Waals surface area contributed by atoms with Gasteiger partial charge in [-0.2, -0.15) is 17.6 Å². The number of fused-ring (bicyclic) bond motifs is 8. The molecule has 2 N–H and O–H groups in total. The van der Waals surface area contributed by atoms with Crippen LogP contribution in [-0.4, -0.2) is 31.2 Å². The molecule has 59 heavy (non-hydrogen) atoms. The quantitative estimate of drug-likeness (QED) is 0.124. The molecule has 3 aromatic heterocycles. The molecule has 0 atom stereocenters. The van der Waals surface area contributed by atoms with Crippen LogP contribution in [-0.2, 0) is 0 Å².